The lowest BCUT2D eigenvalue weighted by Crippen LogP contribution is -2.46. The van der Waals surface area contributed by atoms with Crippen molar-refractivity contribution in [1.29, 1.82) is 0 Å². The standard InChI is InChI=1S/C16H17NO2S/c18-15(14-6-3-9-20-14)17-11-16(19)8-7-12-4-1-2-5-13(12)10-16/h1-6,9,19H,7-8,10-11H2,(H,17,18)/t16-/m1/s1. The minimum absolute atomic E-state index is 0.104. The summed E-state index contributed by atoms with van der Waals surface area (Å²) in [5.41, 5.74) is 1.66. The van der Waals surface area contributed by atoms with Crippen molar-refractivity contribution in [3.8, 4) is 0 Å². The maximum absolute atomic E-state index is 11.9. The van der Waals surface area contributed by atoms with Gasteiger partial charge in [0.15, 0.2) is 0 Å². The Kier molecular flexibility index (Phi) is 3.59. The van der Waals surface area contributed by atoms with Gasteiger partial charge in [-0.25, -0.2) is 0 Å². The maximum Gasteiger partial charge on any atom is 0.261 e. The highest BCUT2D eigenvalue weighted by Gasteiger charge is 2.32. The fraction of sp³-hybridized carbons (Fsp3) is 0.312. The lowest BCUT2D eigenvalue weighted by Gasteiger charge is -2.33. The van der Waals surface area contributed by atoms with Gasteiger partial charge in [0.1, 0.15) is 0 Å². The first-order valence-electron chi connectivity index (χ1n) is 6.77. The van der Waals surface area contributed by atoms with Crippen LogP contribution in [0.2, 0.25) is 0 Å². The molecule has 1 atom stereocenters. The highest BCUT2D eigenvalue weighted by molar-refractivity contribution is 7.12. The van der Waals surface area contributed by atoms with Gasteiger partial charge in [-0.15, -0.1) is 11.3 Å². The van der Waals surface area contributed by atoms with E-state index in [-0.39, 0.29) is 5.91 Å². The summed E-state index contributed by atoms with van der Waals surface area (Å²) in [4.78, 5) is 12.6. The summed E-state index contributed by atoms with van der Waals surface area (Å²) in [5, 5.41) is 15.4. The predicted molar refractivity (Wildman–Crippen MR) is 80.1 cm³/mol. The zero-order valence-corrected chi connectivity index (χ0v) is 12.0. The van der Waals surface area contributed by atoms with Gasteiger partial charge in [0, 0.05) is 13.0 Å². The zero-order chi connectivity index (χ0) is 14.0. The van der Waals surface area contributed by atoms with Gasteiger partial charge >= 0.3 is 0 Å². The van der Waals surface area contributed by atoms with E-state index in [0.717, 1.165) is 6.42 Å². The molecule has 1 aromatic carbocycles. The van der Waals surface area contributed by atoms with E-state index in [9.17, 15) is 9.90 Å². The number of aryl methyl sites for hydroxylation is 1. The average Bonchev–Trinajstić information content (AvgIpc) is 2.99. The van der Waals surface area contributed by atoms with Crippen LogP contribution in [0.1, 0.15) is 27.2 Å². The van der Waals surface area contributed by atoms with Gasteiger partial charge < -0.3 is 10.4 Å². The van der Waals surface area contributed by atoms with Gasteiger partial charge in [-0.1, -0.05) is 30.3 Å². The first-order valence-corrected chi connectivity index (χ1v) is 7.65. The quantitative estimate of drug-likeness (QED) is 0.910. The summed E-state index contributed by atoms with van der Waals surface area (Å²) in [6, 6.07) is 11.8. The van der Waals surface area contributed by atoms with E-state index < -0.39 is 5.60 Å². The first-order chi connectivity index (χ1) is 9.66. The number of benzene rings is 1. The molecule has 1 aliphatic carbocycles. The number of hydrogen-bond acceptors (Lipinski definition) is 3. The summed E-state index contributed by atoms with van der Waals surface area (Å²) < 4.78 is 0. The lowest BCUT2D eigenvalue weighted by molar-refractivity contribution is 0.0260. The van der Waals surface area contributed by atoms with E-state index in [1.165, 1.54) is 22.5 Å². The van der Waals surface area contributed by atoms with E-state index in [0.29, 0.717) is 24.3 Å². The number of thiophene rings is 1. The van der Waals surface area contributed by atoms with Crippen molar-refractivity contribution in [2.24, 2.45) is 0 Å². The Bertz CT molecular complexity index is 609. The SMILES string of the molecule is O=C(NC[C@@]1(O)CCc2ccccc2C1)c1cccs1. The van der Waals surface area contributed by atoms with Crippen LogP contribution in [0.5, 0.6) is 0 Å². The van der Waals surface area contributed by atoms with Crippen molar-refractivity contribution in [2.45, 2.75) is 24.9 Å². The van der Waals surface area contributed by atoms with Gasteiger partial charge in [-0.05, 0) is 35.4 Å². The Balaban J connectivity index is 1.65. The van der Waals surface area contributed by atoms with Gasteiger partial charge in [0.05, 0.1) is 10.5 Å². The highest BCUT2D eigenvalue weighted by Crippen LogP contribution is 2.28. The minimum Gasteiger partial charge on any atom is -0.388 e. The maximum atomic E-state index is 11.9. The molecule has 0 fully saturated rings. The number of nitrogens with one attached hydrogen (secondary N) is 1. The Labute approximate surface area is 122 Å². The molecule has 1 amide bonds. The molecule has 3 nitrogen and oxygen atoms in total. The summed E-state index contributed by atoms with van der Waals surface area (Å²) in [5.74, 6) is -0.104. The van der Waals surface area contributed by atoms with Crippen LogP contribution in [0, 0.1) is 0 Å². The minimum atomic E-state index is -0.832. The van der Waals surface area contributed by atoms with Crippen molar-refractivity contribution in [3.05, 3.63) is 57.8 Å². The topological polar surface area (TPSA) is 49.3 Å². The molecule has 0 radical (unpaired) electrons. The van der Waals surface area contributed by atoms with Crippen LogP contribution in [-0.4, -0.2) is 23.2 Å². The molecule has 1 aliphatic rings. The Morgan fingerprint density at radius 3 is 2.80 bits per heavy atom. The number of rotatable bonds is 3. The third-order valence-electron chi connectivity index (χ3n) is 3.82. The number of carbonyl (C=O) groups excluding carboxylic acids is 1. The second-order valence-corrected chi connectivity index (χ2v) is 6.28. The molecule has 2 aromatic rings. The lowest BCUT2D eigenvalue weighted by atomic mass is 9.80. The number of amides is 1. The molecular weight excluding hydrogens is 270 g/mol. The van der Waals surface area contributed by atoms with E-state index in [2.05, 4.69) is 17.4 Å². The number of carbonyl (C=O) groups is 1. The van der Waals surface area contributed by atoms with E-state index in [4.69, 9.17) is 0 Å². The molecule has 0 saturated carbocycles. The van der Waals surface area contributed by atoms with E-state index in [1.54, 1.807) is 6.07 Å². The van der Waals surface area contributed by atoms with Crippen molar-refractivity contribution in [2.75, 3.05) is 6.54 Å². The smallest absolute Gasteiger partial charge is 0.261 e. The van der Waals surface area contributed by atoms with Gasteiger partial charge in [-0.3, -0.25) is 4.79 Å². The molecule has 2 N–H and O–H groups in total. The number of fused-ring (bicyclic) bond motifs is 1. The van der Waals surface area contributed by atoms with Crippen LogP contribution in [0.15, 0.2) is 41.8 Å². The van der Waals surface area contributed by atoms with Crippen molar-refractivity contribution in [3.63, 3.8) is 0 Å². The molecule has 1 heterocycles. The summed E-state index contributed by atoms with van der Waals surface area (Å²) in [7, 11) is 0. The summed E-state index contributed by atoms with van der Waals surface area (Å²) in [6.45, 7) is 0.304. The monoisotopic (exact) mass is 287 g/mol. The molecule has 4 heteroatoms. The molecule has 0 aliphatic heterocycles. The second-order valence-electron chi connectivity index (χ2n) is 5.33. The second kappa shape index (κ2) is 5.38. The average molecular weight is 287 g/mol. The van der Waals surface area contributed by atoms with Gasteiger partial charge in [0.2, 0.25) is 0 Å². The number of hydrogen-bond donors (Lipinski definition) is 2. The Morgan fingerprint density at radius 1 is 1.25 bits per heavy atom. The normalized spacial score (nSPS) is 21.2. The summed E-state index contributed by atoms with van der Waals surface area (Å²) in [6.07, 6.45) is 2.16. The Morgan fingerprint density at radius 2 is 2.05 bits per heavy atom. The fourth-order valence-electron chi connectivity index (χ4n) is 2.67. The van der Waals surface area contributed by atoms with Crippen molar-refractivity contribution >= 4 is 17.2 Å². The van der Waals surface area contributed by atoms with Crippen LogP contribution in [0.25, 0.3) is 0 Å². The molecule has 0 bridgehead atoms. The molecule has 0 unspecified atom stereocenters. The van der Waals surface area contributed by atoms with Crippen LogP contribution < -0.4 is 5.32 Å². The van der Waals surface area contributed by atoms with Crippen LogP contribution in [0.3, 0.4) is 0 Å². The predicted octanol–water partition coefficient (Wildman–Crippen LogP) is 2.40. The molecule has 1 aromatic heterocycles. The molecule has 0 saturated heterocycles. The highest BCUT2D eigenvalue weighted by atomic mass is 32.1. The Hall–Kier alpha value is -1.65. The van der Waals surface area contributed by atoms with Gasteiger partial charge in [0.25, 0.3) is 5.91 Å². The molecule has 20 heavy (non-hydrogen) atoms. The largest absolute Gasteiger partial charge is 0.388 e. The fourth-order valence-corrected chi connectivity index (χ4v) is 3.31. The van der Waals surface area contributed by atoms with E-state index >= 15 is 0 Å². The third-order valence-corrected chi connectivity index (χ3v) is 4.69. The number of aliphatic hydroxyl groups is 1. The van der Waals surface area contributed by atoms with Gasteiger partial charge in [-0.2, -0.15) is 0 Å². The van der Waals surface area contributed by atoms with E-state index in [1.807, 2.05) is 23.6 Å². The van der Waals surface area contributed by atoms with Crippen molar-refractivity contribution < 1.29 is 9.90 Å². The summed E-state index contributed by atoms with van der Waals surface area (Å²) >= 11 is 1.41. The van der Waals surface area contributed by atoms with Crippen LogP contribution >= 0.6 is 11.3 Å². The van der Waals surface area contributed by atoms with Crippen LogP contribution in [-0.2, 0) is 12.8 Å². The molecule has 3 rings (SSSR count). The molecular formula is C16H17NO2S. The first kappa shape index (κ1) is 13.3. The molecule has 104 valence electrons. The third kappa shape index (κ3) is 2.76. The van der Waals surface area contributed by atoms with Crippen molar-refractivity contribution in [1.82, 2.24) is 5.32 Å². The van der Waals surface area contributed by atoms with Crippen LogP contribution in [0.4, 0.5) is 0 Å². The molecule has 0 spiro atoms. The zero-order valence-electron chi connectivity index (χ0n) is 11.1.